The fourth-order valence-electron chi connectivity index (χ4n) is 5.62. The summed E-state index contributed by atoms with van der Waals surface area (Å²) in [4.78, 5) is 17.6. The van der Waals surface area contributed by atoms with E-state index in [1.807, 2.05) is 23.0 Å². The van der Waals surface area contributed by atoms with Crippen molar-refractivity contribution >= 4 is 23.2 Å². The molecular weight excluding hydrogens is 388 g/mol. The van der Waals surface area contributed by atoms with Crippen molar-refractivity contribution in [2.75, 3.05) is 0 Å². The van der Waals surface area contributed by atoms with Gasteiger partial charge in [-0.2, -0.15) is 10.2 Å². The van der Waals surface area contributed by atoms with Gasteiger partial charge in [-0.1, -0.05) is 0 Å². The van der Waals surface area contributed by atoms with E-state index in [-0.39, 0.29) is 11.3 Å². The number of hydrazone groups is 1. The number of aromatic nitrogens is 3. The summed E-state index contributed by atoms with van der Waals surface area (Å²) in [6.45, 7) is 0.764. The van der Waals surface area contributed by atoms with Gasteiger partial charge in [-0.15, -0.1) is 0 Å². The maximum atomic E-state index is 13.7. The molecule has 4 aliphatic rings. The minimum Gasteiger partial charge on any atom is -0.272 e. The van der Waals surface area contributed by atoms with Crippen molar-refractivity contribution in [3.8, 4) is 0 Å². The molecular formula is C22H19F2N5O. The molecule has 0 radical (unpaired) electrons. The number of amides is 1. The zero-order valence-electron chi connectivity index (χ0n) is 16.1. The molecule has 6 nitrogen and oxygen atoms in total. The number of carbonyl (C=O) groups excluding carboxylic acids is 1. The first-order valence-corrected chi connectivity index (χ1v) is 10.1. The van der Waals surface area contributed by atoms with Crippen LogP contribution in [-0.2, 0) is 11.3 Å². The van der Waals surface area contributed by atoms with Crippen LogP contribution in [0.3, 0.4) is 0 Å². The van der Waals surface area contributed by atoms with E-state index >= 15 is 0 Å². The summed E-state index contributed by atoms with van der Waals surface area (Å²) in [5.41, 5.74) is 1.85. The van der Waals surface area contributed by atoms with Crippen LogP contribution in [0.15, 0.2) is 47.8 Å². The highest BCUT2D eigenvalue weighted by atomic mass is 19.1. The van der Waals surface area contributed by atoms with E-state index in [4.69, 9.17) is 0 Å². The van der Waals surface area contributed by atoms with Gasteiger partial charge in [-0.3, -0.25) is 14.5 Å². The molecule has 1 aliphatic heterocycles. The van der Waals surface area contributed by atoms with Crippen molar-refractivity contribution in [2.45, 2.75) is 38.3 Å². The smallest absolute Gasteiger partial charge is 0.249 e. The Hall–Kier alpha value is -3.16. The molecule has 1 amide bonds. The molecule has 3 aromatic rings. The summed E-state index contributed by atoms with van der Waals surface area (Å²) in [6, 6.07) is 6.75. The van der Waals surface area contributed by atoms with Gasteiger partial charge in [0.1, 0.15) is 22.7 Å². The Morgan fingerprint density at radius 2 is 1.90 bits per heavy atom. The molecule has 1 unspecified atom stereocenters. The molecule has 2 bridgehead atoms. The van der Waals surface area contributed by atoms with Crippen molar-refractivity contribution in [2.24, 2.45) is 15.9 Å². The summed E-state index contributed by atoms with van der Waals surface area (Å²) >= 11 is 0. The third-order valence-corrected chi connectivity index (χ3v) is 6.72. The quantitative estimate of drug-likeness (QED) is 0.660. The van der Waals surface area contributed by atoms with Gasteiger partial charge in [0.05, 0.1) is 17.7 Å². The zero-order chi connectivity index (χ0) is 20.5. The number of nitrogens with zero attached hydrogens (tertiary/aromatic N) is 5. The van der Waals surface area contributed by atoms with E-state index in [0.717, 1.165) is 42.9 Å². The molecule has 7 rings (SSSR count). The Morgan fingerprint density at radius 1 is 1.13 bits per heavy atom. The lowest BCUT2D eigenvalue weighted by Crippen LogP contribution is -2.68. The largest absolute Gasteiger partial charge is 0.272 e. The minimum absolute atomic E-state index is 0.0416. The number of pyridine rings is 1. The topological polar surface area (TPSA) is 63.4 Å². The van der Waals surface area contributed by atoms with Crippen LogP contribution >= 0.6 is 0 Å². The number of carbonyl (C=O) groups is 1. The van der Waals surface area contributed by atoms with E-state index in [0.29, 0.717) is 12.0 Å². The van der Waals surface area contributed by atoms with E-state index in [1.165, 1.54) is 17.1 Å². The highest BCUT2D eigenvalue weighted by Gasteiger charge is 2.72. The van der Waals surface area contributed by atoms with Crippen molar-refractivity contribution in [3.63, 3.8) is 0 Å². The maximum absolute atomic E-state index is 13.7. The van der Waals surface area contributed by atoms with Crippen LogP contribution in [-0.4, -0.2) is 31.9 Å². The molecule has 3 heterocycles. The fourth-order valence-corrected chi connectivity index (χ4v) is 5.62. The van der Waals surface area contributed by atoms with Crippen LogP contribution in [0.25, 0.3) is 11.0 Å². The van der Waals surface area contributed by atoms with Crippen molar-refractivity contribution in [3.05, 3.63) is 59.9 Å². The lowest BCUT2D eigenvalue weighted by atomic mass is 9.34. The first-order valence-electron chi connectivity index (χ1n) is 10.1. The van der Waals surface area contributed by atoms with Crippen LogP contribution < -0.4 is 0 Å². The molecule has 3 fully saturated rings. The van der Waals surface area contributed by atoms with Gasteiger partial charge < -0.3 is 0 Å². The number of rotatable bonds is 4. The third-order valence-electron chi connectivity index (χ3n) is 6.72. The summed E-state index contributed by atoms with van der Waals surface area (Å²) in [7, 11) is 0. The molecule has 3 saturated carbocycles. The predicted octanol–water partition coefficient (Wildman–Crippen LogP) is 3.84. The third kappa shape index (κ3) is 2.52. The minimum atomic E-state index is -0.644. The summed E-state index contributed by atoms with van der Waals surface area (Å²) in [6.07, 6.45) is 8.18. The Balaban J connectivity index is 1.17. The molecule has 152 valence electrons. The number of hydrogen-bond acceptors (Lipinski definition) is 4. The molecule has 1 aromatic carbocycles. The second-order valence-electron chi connectivity index (χ2n) is 8.95. The number of halogens is 2. The molecule has 8 heteroatoms. The first kappa shape index (κ1) is 17.7. The second-order valence-corrected chi connectivity index (χ2v) is 8.95. The number of benzene rings is 1. The summed E-state index contributed by atoms with van der Waals surface area (Å²) in [5.74, 6) is -1.33. The Labute approximate surface area is 171 Å². The van der Waals surface area contributed by atoms with Gasteiger partial charge in [-0.25, -0.2) is 13.8 Å². The maximum Gasteiger partial charge on any atom is 0.249 e. The van der Waals surface area contributed by atoms with Crippen LogP contribution in [0, 0.1) is 22.5 Å². The van der Waals surface area contributed by atoms with Gasteiger partial charge in [0.15, 0.2) is 0 Å². The Bertz CT molecular complexity index is 1150. The average molecular weight is 407 g/mol. The lowest BCUT2D eigenvalue weighted by molar-refractivity contribution is -0.223. The highest BCUT2D eigenvalue weighted by molar-refractivity contribution is 5.88. The second kappa shape index (κ2) is 5.93. The highest BCUT2D eigenvalue weighted by Crippen LogP contribution is 2.74. The average Bonchev–Trinajstić information content (AvgIpc) is 3.28. The Morgan fingerprint density at radius 3 is 2.63 bits per heavy atom. The molecule has 2 aromatic heterocycles. The van der Waals surface area contributed by atoms with Gasteiger partial charge in [-0.05, 0) is 54.5 Å². The van der Waals surface area contributed by atoms with E-state index in [2.05, 4.69) is 15.2 Å². The normalized spacial score (nSPS) is 29.1. The van der Waals surface area contributed by atoms with Crippen molar-refractivity contribution in [1.29, 1.82) is 0 Å². The lowest BCUT2D eigenvalue weighted by Gasteiger charge is -2.69. The van der Waals surface area contributed by atoms with Gasteiger partial charge >= 0.3 is 0 Å². The fraction of sp³-hybridized carbons (Fsp3) is 0.364. The van der Waals surface area contributed by atoms with Gasteiger partial charge in [0.25, 0.3) is 0 Å². The van der Waals surface area contributed by atoms with Crippen LogP contribution in [0.2, 0.25) is 0 Å². The number of hydrogen-bond donors (Lipinski definition) is 0. The van der Waals surface area contributed by atoms with Gasteiger partial charge in [0.2, 0.25) is 5.91 Å². The summed E-state index contributed by atoms with van der Waals surface area (Å²) in [5, 5.41) is 10.3. The monoisotopic (exact) mass is 407 g/mol. The molecule has 1 atom stereocenters. The van der Waals surface area contributed by atoms with E-state index in [1.54, 1.807) is 12.4 Å². The SMILES string of the molecule is O=C(N1N=CCC1c1cc(F)cc(F)c1)C12CC(Cn3cc4ncccc4n3)(C1)C2. The zero-order valence-corrected chi connectivity index (χ0v) is 16.1. The van der Waals surface area contributed by atoms with Crippen LogP contribution in [0.5, 0.6) is 0 Å². The van der Waals surface area contributed by atoms with E-state index in [9.17, 15) is 13.6 Å². The standard InChI is InChI=1S/C22H19F2N5O/c23-15-6-14(7-16(24)8-15)19-3-5-26-29(19)20(30)22-10-21(11-22,12-22)13-28-9-18-17(27-28)2-1-4-25-18/h1-2,4-9,19H,3,10-13H2. The van der Waals surface area contributed by atoms with Crippen molar-refractivity contribution in [1.82, 2.24) is 19.8 Å². The molecule has 0 saturated heterocycles. The van der Waals surface area contributed by atoms with Gasteiger partial charge in [0, 0.05) is 31.4 Å². The first-order chi connectivity index (χ1) is 14.5. The summed E-state index contributed by atoms with van der Waals surface area (Å²) < 4.78 is 29.3. The molecule has 3 aliphatic carbocycles. The van der Waals surface area contributed by atoms with Crippen LogP contribution in [0.4, 0.5) is 8.78 Å². The number of fused-ring (bicyclic) bond motifs is 1. The predicted molar refractivity (Wildman–Crippen MR) is 105 cm³/mol. The molecule has 0 N–H and O–H groups in total. The molecule has 30 heavy (non-hydrogen) atoms. The molecule has 0 spiro atoms. The van der Waals surface area contributed by atoms with Crippen molar-refractivity contribution < 1.29 is 13.6 Å². The van der Waals surface area contributed by atoms with E-state index < -0.39 is 23.1 Å². The Kier molecular flexibility index (Phi) is 3.50. The van der Waals surface area contributed by atoms with Crippen LogP contribution in [0.1, 0.15) is 37.3 Å².